The van der Waals surface area contributed by atoms with E-state index >= 15 is 0 Å². The van der Waals surface area contributed by atoms with Crippen LogP contribution in [0.25, 0.3) is 5.69 Å². The van der Waals surface area contributed by atoms with E-state index in [1.54, 1.807) is 37.3 Å². The number of hydrogen-bond acceptors (Lipinski definition) is 4. The molecule has 2 N–H and O–H groups in total. The lowest BCUT2D eigenvalue weighted by molar-refractivity contribution is -0.384. The highest BCUT2D eigenvalue weighted by atomic mass is 16.6. The van der Waals surface area contributed by atoms with E-state index in [9.17, 15) is 19.7 Å². The van der Waals surface area contributed by atoms with Crippen LogP contribution in [0.5, 0.6) is 0 Å². The first-order chi connectivity index (χ1) is 12.0. The third kappa shape index (κ3) is 3.18. The van der Waals surface area contributed by atoms with E-state index in [1.165, 1.54) is 28.9 Å². The van der Waals surface area contributed by atoms with E-state index in [0.29, 0.717) is 16.9 Å². The highest BCUT2D eigenvalue weighted by Gasteiger charge is 2.16. The van der Waals surface area contributed by atoms with Gasteiger partial charge in [-0.3, -0.25) is 29.5 Å². The molecule has 1 aromatic heterocycles. The van der Waals surface area contributed by atoms with Crippen molar-refractivity contribution in [3.05, 3.63) is 86.3 Å². The number of non-ortho nitro benzene ring substituents is 1. The molecule has 8 nitrogen and oxygen atoms in total. The molecule has 1 heterocycles. The van der Waals surface area contributed by atoms with Crippen molar-refractivity contribution in [3.63, 3.8) is 0 Å². The Balaban J connectivity index is 1.92. The average Bonchev–Trinajstić information content (AvgIpc) is 2.90. The molecular formula is C17H14N4O4. The molecule has 0 fully saturated rings. The fraction of sp³-hybridized carbons (Fsp3) is 0.0588. The van der Waals surface area contributed by atoms with Crippen LogP contribution >= 0.6 is 0 Å². The first kappa shape index (κ1) is 16.2. The van der Waals surface area contributed by atoms with Crippen LogP contribution in [0.4, 0.5) is 11.4 Å². The van der Waals surface area contributed by atoms with Crippen molar-refractivity contribution < 1.29 is 9.72 Å². The number of anilines is 1. The monoisotopic (exact) mass is 338 g/mol. The number of nitrogens with zero attached hydrogens (tertiary/aromatic N) is 2. The fourth-order valence-electron chi connectivity index (χ4n) is 2.42. The van der Waals surface area contributed by atoms with Gasteiger partial charge in [0.2, 0.25) is 0 Å². The van der Waals surface area contributed by atoms with Crippen molar-refractivity contribution in [2.75, 3.05) is 5.32 Å². The van der Waals surface area contributed by atoms with Crippen LogP contribution in [-0.2, 0) is 0 Å². The molecule has 1 amide bonds. The predicted octanol–water partition coefficient (Wildman–Crippen LogP) is 2.63. The highest BCUT2D eigenvalue weighted by Crippen LogP contribution is 2.18. The molecule has 0 aliphatic carbocycles. The van der Waals surface area contributed by atoms with E-state index in [1.807, 2.05) is 0 Å². The maximum absolute atomic E-state index is 12.2. The second-order valence-corrected chi connectivity index (χ2v) is 5.33. The van der Waals surface area contributed by atoms with Crippen molar-refractivity contribution in [3.8, 4) is 5.69 Å². The average molecular weight is 338 g/mol. The van der Waals surface area contributed by atoms with Crippen LogP contribution in [0, 0.1) is 17.0 Å². The van der Waals surface area contributed by atoms with Gasteiger partial charge in [-0.05, 0) is 31.2 Å². The first-order valence-corrected chi connectivity index (χ1v) is 7.40. The summed E-state index contributed by atoms with van der Waals surface area (Å²) in [5.41, 5.74) is 1.09. The predicted molar refractivity (Wildman–Crippen MR) is 92.2 cm³/mol. The lowest BCUT2D eigenvalue weighted by atomic mass is 10.2. The summed E-state index contributed by atoms with van der Waals surface area (Å²) in [5, 5.41) is 15.9. The Morgan fingerprint density at radius 2 is 1.76 bits per heavy atom. The molecule has 0 bridgehead atoms. The van der Waals surface area contributed by atoms with Crippen LogP contribution < -0.4 is 10.9 Å². The van der Waals surface area contributed by atoms with Gasteiger partial charge < -0.3 is 5.32 Å². The number of nitro benzene ring substituents is 1. The van der Waals surface area contributed by atoms with Crippen LogP contribution in [0.3, 0.4) is 0 Å². The Labute approximate surface area is 141 Å². The van der Waals surface area contributed by atoms with Crippen LogP contribution in [-0.4, -0.2) is 20.6 Å². The van der Waals surface area contributed by atoms with Crippen molar-refractivity contribution >= 4 is 17.3 Å². The molecule has 0 unspecified atom stereocenters. The number of nitro groups is 1. The zero-order valence-corrected chi connectivity index (χ0v) is 13.2. The Morgan fingerprint density at radius 3 is 2.36 bits per heavy atom. The highest BCUT2D eigenvalue weighted by molar-refractivity contribution is 6.04. The summed E-state index contributed by atoms with van der Waals surface area (Å²) in [6, 6.07) is 14.3. The molecule has 0 radical (unpaired) electrons. The molecule has 0 saturated carbocycles. The summed E-state index contributed by atoms with van der Waals surface area (Å²) in [4.78, 5) is 34.6. The quantitative estimate of drug-likeness (QED) is 0.563. The molecular weight excluding hydrogens is 324 g/mol. The zero-order valence-electron chi connectivity index (χ0n) is 13.2. The Morgan fingerprint density at radius 1 is 1.12 bits per heavy atom. The number of aromatic amines is 1. The molecule has 0 aliphatic rings. The van der Waals surface area contributed by atoms with Gasteiger partial charge >= 0.3 is 0 Å². The molecule has 0 saturated heterocycles. The minimum Gasteiger partial charge on any atom is -0.316 e. The van der Waals surface area contributed by atoms with Gasteiger partial charge in [0.1, 0.15) is 5.69 Å². The minimum atomic E-state index is -0.499. The van der Waals surface area contributed by atoms with Crippen LogP contribution in [0.1, 0.15) is 16.1 Å². The maximum Gasteiger partial charge on any atom is 0.288 e. The molecule has 25 heavy (non-hydrogen) atoms. The second kappa shape index (κ2) is 6.44. The molecule has 2 aromatic carbocycles. The number of amides is 1. The third-order valence-electron chi connectivity index (χ3n) is 3.73. The number of aromatic nitrogens is 2. The summed E-state index contributed by atoms with van der Waals surface area (Å²) in [5.74, 6) is -0.393. The number of carbonyl (C=O) groups is 1. The molecule has 0 spiro atoms. The fourth-order valence-corrected chi connectivity index (χ4v) is 2.42. The molecule has 8 heteroatoms. The normalized spacial score (nSPS) is 10.4. The number of H-pyrrole nitrogens is 1. The third-order valence-corrected chi connectivity index (χ3v) is 3.73. The number of benzene rings is 2. The van der Waals surface area contributed by atoms with Crippen LogP contribution in [0.15, 0.2) is 59.4 Å². The van der Waals surface area contributed by atoms with Crippen molar-refractivity contribution in [1.82, 2.24) is 9.78 Å². The van der Waals surface area contributed by atoms with E-state index in [2.05, 4.69) is 10.4 Å². The van der Waals surface area contributed by atoms with E-state index < -0.39 is 16.4 Å². The van der Waals surface area contributed by atoms with Crippen LogP contribution in [0.2, 0.25) is 0 Å². The van der Waals surface area contributed by atoms with Crippen molar-refractivity contribution in [2.45, 2.75) is 6.92 Å². The summed E-state index contributed by atoms with van der Waals surface area (Å²) in [6.07, 6.45) is 0. The lowest BCUT2D eigenvalue weighted by Gasteiger charge is -2.07. The van der Waals surface area contributed by atoms with Gasteiger partial charge in [0, 0.05) is 17.7 Å². The number of nitrogens with one attached hydrogen (secondary N) is 2. The second-order valence-electron chi connectivity index (χ2n) is 5.33. The number of carbonyl (C=O) groups excluding carboxylic acids is 1. The van der Waals surface area contributed by atoms with Crippen molar-refractivity contribution in [1.29, 1.82) is 0 Å². The zero-order chi connectivity index (χ0) is 18.0. The molecule has 3 aromatic rings. The summed E-state index contributed by atoms with van der Waals surface area (Å²) in [6.45, 7) is 1.67. The molecule has 0 atom stereocenters. The smallest absolute Gasteiger partial charge is 0.288 e. The Hall–Kier alpha value is -3.68. The number of hydrogen-bond donors (Lipinski definition) is 2. The SMILES string of the molecule is Cc1c(NC(=O)c2ccccc2)c(=O)[nH]n1-c1ccc([N+](=O)[O-])cc1. The van der Waals surface area contributed by atoms with Gasteiger partial charge in [-0.2, -0.15) is 0 Å². The lowest BCUT2D eigenvalue weighted by Crippen LogP contribution is -2.17. The minimum absolute atomic E-state index is 0.0477. The topological polar surface area (TPSA) is 110 Å². The summed E-state index contributed by atoms with van der Waals surface area (Å²) < 4.78 is 1.46. The van der Waals surface area contributed by atoms with Gasteiger partial charge in [0.15, 0.2) is 0 Å². The van der Waals surface area contributed by atoms with Gasteiger partial charge in [0.05, 0.1) is 16.3 Å². The molecule has 0 aliphatic heterocycles. The first-order valence-electron chi connectivity index (χ1n) is 7.40. The maximum atomic E-state index is 12.2. The van der Waals surface area contributed by atoms with Crippen molar-refractivity contribution in [2.24, 2.45) is 0 Å². The van der Waals surface area contributed by atoms with E-state index in [0.717, 1.165) is 0 Å². The molecule has 126 valence electrons. The molecule has 3 rings (SSSR count). The van der Waals surface area contributed by atoms with E-state index in [-0.39, 0.29) is 11.4 Å². The van der Waals surface area contributed by atoms with Gasteiger partial charge in [-0.25, -0.2) is 0 Å². The standard InChI is InChI=1S/C17H14N4O4/c1-11-15(18-16(22)12-5-3-2-4-6-12)17(23)19-20(11)13-7-9-14(10-8-13)21(24)25/h2-10H,1H3,(H,18,22)(H,19,23). The van der Waals surface area contributed by atoms with E-state index in [4.69, 9.17) is 0 Å². The summed E-state index contributed by atoms with van der Waals surface area (Å²) in [7, 11) is 0. The van der Waals surface area contributed by atoms with Gasteiger partial charge in [0.25, 0.3) is 17.2 Å². The number of rotatable bonds is 4. The van der Waals surface area contributed by atoms with Gasteiger partial charge in [-0.1, -0.05) is 18.2 Å². The summed E-state index contributed by atoms with van der Waals surface area (Å²) >= 11 is 0. The Bertz CT molecular complexity index is 988. The Kier molecular flexibility index (Phi) is 4.17. The largest absolute Gasteiger partial charge is 0.316 e. The van der Waals surface area contributed by atoms with Gasteiger partial charge in [-0.15, -0.1) is 0 Å².